The highest BCUT2D eigenvalue weighted by Crippen LogP contribution is 2.51. The smallest absolute Gasteiger partial charge is 0.303 e. The van der Waals surface area contributed by atoms with Gasteiger partial charge in [0.1, 0.15) is 18.1 Å². The standard InChI is InChI=1S/C47H56N2O12S3/c1-8-24-48-40(46(4,5)38-28-35(62-61-60-52)26-30(2)43(38)48)22-16-32-13-12-14-33(45(32)59-34-18-20-36(21-19-34)63(53,54)55)17-23-41-47(6,7)39-29-37(64(56,57)58)27-31(3)44(39)49(41)25-11-9-10-15-42(50)51/h16-23,26-29H,8-15,24-25H2,1-7H3,(H3-,50,51,52,53,54,55,56,57,58)/p+1. The Balaban J connectivity index is 1.48. The Bertz CT molecular complexity index is 2700. The SMILES string of the molecule is CCC[N+]1=C(/C=C/C2=C(Oc3ccc(S(=O)(=O)O)cc3)C(=C/C=C3/N(CCCCCC(=O)O)c4c(C)cc(S(=O)(=O)O)cc4C3(C)C)/CCC2)C(C)(C)c2cc(SOOO)cc(C)c21. The first-order valence-electron chi connectivity index (χ1n) is 21.2. The van der Waals surface area contributed by atoms with Gasteiger partial charge >= 0.3 is 5.97 Å². The number of nitrogens with zero attached hydrogens (tertiary/aromatic N) is 2. The fourth-order valence-electron chi connectivity index (χ4n) is 9.12. The summed E-state index contributed by atoms with van der Waals surface area (Å²) in [7, 11) is -8.94. The molecule has 4 N–H and O–H groups in total. The van der Waals surface area contributed by atoms with Crippen LogP contribution in [0.2, 0.25) is 0 Å². The van der Waals surface area contributed by atoms with Gasteiger partial charge in [0.15, 0.2) is 5.71 Å². The van der Waals surface area contributed by atoms with Crippen molar-refractivity contribution in [3.63, 3.8) is 0 Å². The van der Waals surface area contributed by atoms with Crippen LogP contribution in [0.3, 0.4) is 0 Å². The van der Waals surface area contributed by atoms with Crippen molar-refractivity contribution in [2.24, 2.45) is 0 Å². The Labute approximate surface area is 380 Å². The second-order valence-electron chi connectivity index (χ2n) is 17.5. The summed E-state index contributed by atoms with van der Waals surface area (Å²) < 4.78 is 82.2. The molecule has 17 heteroatoms. The summed E-state index contributed by atoms with van der Waals surface area (Å²) in [4.78, 5) is 13.7. The summed E-state index contributed by atoms with van der Waals surface area (Å²) in [5.74, 6) is 0.0979. The number of rotatable bonds is 18. The average molecular weight is 938 g/mol. The molecule has 0 radical (unpaired) electrons. The predicted octanol–water partition coefficient (Wildman–Crippen LogP) is 10.3. The quantitative estimate of drug-likeness (QED) is 0.0234. The van der Waals surface area contributed by atoms with Crippen LogP contribution in [0.1, 0.15) is 108 Å². The number of carboxylic acid groups (broad SMARTS) is 1. The van der Waals surface area contributed by atoms with Crippen LogP contribution in [0.4, 0.5) is 11.4 Å². The van der Waals surface area contributed by atoms with E-state index < -0.39 is 37.0 Å². The van der Waals surface area contributed by atoms with E-state index in [1.54, 1.807) is 0 Å². The number of fused-ring (bicyclic) bond motifs is 2. The van der Waals surface area contributed by atoms with E-state index in [-0.39, 0.29) is 16.2 Å². The molecule has 0 saturated carbocycles. The van der Waals surface area contributed by atoms with Crippen LogP contribution in [0, 0.1) is 13.8 Å². The molecule has 14 nitrogen and oxygen atoms in total. The predicted molar refractivity (Wildman–Crippen MR) is 245 cm³/mol. The Morgan fingerprint density at radius 1 is 0.859 bits per heavy atom. The summed E-state index contributed by atoms with van der Waals surface area (Å²) >= 11 is 0.919. The van der Waals surface area contributed by atoms with Gasteiger partial charge in [-0.25, -0.2) is 5.26 Å². The van der Waals surface area contributed by atoms with Crippen LogP contribution < -0.4 is 9.64 Å². The Hall–Kier alpha value is -4.59. The zero-order valence-corrected chi connectivity index (χ0v) is 39.6. The van der Waals surface area contributed by atoms with Gasteiger partial charge in [-0.3, -0.25) is 13.9 Å². The zero-order chi connectivity index (χ0) is 46.8. The van der Waals surface area contributed by atoms with Gasteiger partial charge in [-0.15, -0.1) is 4.33 Å². The van der Waals surface area contributed by atoms with Crippen LogP contribution in [0.25, 0.3) is 0 Å². The van der Waals surface area contributed by atoms with Crippen molar-refractivity contribution in [2.45, 2.75) is 125 Å². The molecule has 2 aliphatic heterocycles. The second-order valence-corrected chi connectivity index (χ2v) is 21.1. The second kappa shape index (κ2) is 19.5. The van der Waals surface area contributed by atoms with Crippen molar-refractivity contribution in [3.05, 3.63) is 118 Å². The van der Waals surface area contributed by atoms with Crippen LogP contribution in [0.15, 0.2) is 110 Å². The maximum atomic E-state index is 12.4. The number of allylic oxidation sites excluding steroid dienone is 7. The number of aryl methyl sites for hydroxylation is 2. The summed E-state index contributed by atoms with van der Waals surface area (Å²) in [6.07, 6.45) is 13.2. The first-order valence-corrected chi connectivity index (χ1v) is 24.9. The lowest BCUT2D eigenvalue weighted by molar-refractivity contribution is -0.438. The fourth-order valence-corrected chi connectivity index (χ4v) is 10.7. The van der Waals surface area contributed by atoms with Crippen LogP contribution in [0.5, 0.6) is 5.75 Å². The molecule has 0 saturated heterocycles. The number of ether oxygens (including phenoxy) is 1. The molecule has 64 heavy (non-hydrogen) atoms. The third-order valence-electron chi connectivity index (χ3n) is 12.2. The largest absolute Gasteiger partial charge is 0.481 e. The van der Waals surface area contributed by atoms with E-state index >= 15 is 0 Å². The number of unbranched alkanes of at least 4 members (excludes halogenated alkanes) is 2. The minimum absolute atomic E-state index is 0.0643. The van der Waals surface area contributed by atoms with E-state index in [2.05, 4.69) is 47.4 Å². The lowest BCUT2D eigenvalue weighted by Crippen LogP contribution is -2.28. The van der Waals surface area contributed by atoms with E-state index in [4.69, 9.17) is 14.3 Å². The molecule has 3 aromatic rings. The summed E-state index contributed by atoms with van der Waals surface area (Å²) in [5, 5.41) is 21.9. The minimum atomic E-state index is -4.50. The average Bonchev–Trinajstić information content (AvgIpc) is 3.56. The number of anilines is 1. The Kier molecular flexibility index (Phi) is 14.9. The van der Waals surface area contributed by atoms with E-state index in [1.807, 2.05) is 52.0 Å². The van der Waals surface area contributed by atoms with Crippen molar-refractivity contribution >= 4 is 55.3 Å². The summed E-state index contributed by atoms with van der Waals surface area (Å²) in [5.41, 5.74) is 8.04. The highest BCUT2D eigenvalue weighted by atomic mass is 32.2. The van der Waals surface area contributed by atoms with E-state index in [0.717, 1.165) is 86.9 Å². The topological polar surface area (TPSA) is 200 Å². The van der Waals surface area contributed by atoms with Crippen LogP contribution >= 0.6 is 12.0 Å². The van der Waals surface area contributed by atoms with Crippen molar-refractivity contribution in [1.29, 1.82) is 0 Å². The Morgan fingerprint density at radius 3 is 2.20 bits per heavy atom. The fraction of sp³-hybridized carbons (Fsp3) is 0.404. The first kappa shape index (κ1) is 48.9. The van der Waals surface area contributed by atoms with Gasteiger partial charge in [0.2, 0.25) is 5.69 Å². The zero-order valence-electron chi connectivity index (χ0n) is 37.2. The van der Waals surface area contributed by atoms with E-state index in [0.29, 0.717) is 55.7 Å². The summed E-state index contributed by atoms with van der Waals surface area (Å²) in [6, 6.07) is 12.6. The molecule has 3 aliphatic rings. The molecule has 0 fully saturated rings. The van der Waals surface area contributed by atoms with Gasteiger partial charge in [0.25, 0.3) is 20.2 Å². The van der Waals surface area contributed by atoms with Gasteiger partial charge in [-0.05, 0) is 143 Å². The molecule has 0 atom stereocenters. The number of carboxylic acids is 1. The highest BCUT2D eigenvalue weighted by Gasteiger charge is 2.46. The molecule has 344 valence electrons. The maximum absolute atomic E-state index is 12.4. The normalized spacial score (nSPS) is 18.4. The molecule has 3 aromatic carbocycles. The monoisotopic (exact) mass is 937 g/mol. The van der Waals surface area contributed by atoms with Gasteiger partial charge in [0, 0.05) is 58.3 Å². The van der Waals surface area contributed by atoms with Crippen molar-refractivity contribution in [3.8, 4) is 5.75 Å². The lowest BCUT2D eigenvalue weighted by atomic mass is 9.80. The number of hydrogen-bond acceptors (Lipinski definition) is 11. The number of aliphatic carboxylic acids is 1. The van der Waals surface area contributed by atoms with Crippen molar-refractivity contribution in [2.75, 3.05) is 18.0 Å². The van der Waals surface area contributed by atoms with Gasteiger partial charge in [0.05, 0.1) is 27.2 Å². The number of carbonyl (C=O) groups is 1. The van der Waals surface area contributed by atoms with Crippen LogP contribution in [-0.2, 0) is 45.2 Å². The lowest BCUT2D eigenvalue weighted by Gasteiger charge is -2.28. The third-order valence-corrected chi connectivity index (χ3v) is 14.4. The van der Waals surface area contributed by atoms with Crippen LogP contribution in [-0.4, -0.2) is 65.7 Å². The van der Waals surface area contributed by atoms with Gasteiger partial charge in [-0.1, -0.05) is 38.3 Å². The molecule has 0 unspecified atom stereocenters. The molecule has 6 rings (SSSR count). The maximum Gasteiger partial charge on any atom is 0.303 e. The molecule has 0 bridgehead atoms. The molecule has 0 aromatic heterocycles. The number of benzene rings is 3. The van der Waals surface area contributed by atoms with Crippen molar-refractivity contribution < 1.29 is 59.8 Å². The minimum Gasteiger partial charge on any atom is -0.481 e. The molecular formula is C47H57N2O12S3+. The molecule has 2 heterocycles. The highest BCUT2D eigenvalue weighted by molar-refractivity contribution is 7.94. The van der Waals surface area contributed by atoms with Gasteiger partial charge < -0.3 is 14.7 Å². The summed E-state index contributed by atoms with van der Waals surface area (Å²) in [6.45, 7) is 15.6. The molecule has 0 spiro atoms. The first-order chi connectivity index (χ1) is 30.1. The molecule has 0 amide bonds. The molecular weight excluding hydrogens is 881 g/mol. The third kappa shape index (κ3) is 10.4. The van der Waals surface area contributed by atoms with E-state index in [1.165, 1.54) is 36.4 Å². The number of hydrogen-bond donors (Lipinski definition) is 4. The van der Waals surface area contributed by atoms with Gasteiger partial charge in [-0.2, -0.15) is 21.4 Å². The molecule has 1 aliphatic carbocycles. The van der Waals surface area contributed by atoms with Crippen molar-refractivity contribution in [1.82, 2.24) is 0 Å². The Morgan fingerprint density at radius 2 is 1.56 bits per heavy atom. The van der Waals surface area contributed by atoms with E-state index in [9.17, 15) is 35.8 Å².